The number of Topliss-reactive ketones (excluding diaryl/α,β-unsaturated/α-hetero) is 1. The molecule has 0 radical (unpaired) electrons. The fraction of sp³-hybridized carbons (Fsp3) is 0.375. The molecule has 2 aromatic rings. The Bertz CT molecular complexity index is 984. The Balaban J connectivity index is 1.76. The fourth-order valence-electron chi connectivity index (χ4n) is 4.03. The first-order chi connectivity index (χ1) is 14.7. The summed E-state index contributed by atoms with van der Waals surface area (Å²) in [6.45, 7) is 3.61. The van der Waals surface area contributed by atoms with Gasteiger partial charge in [0.25, 0.3) is 0 Å². The van der Waals surface area contributed by atoms with E-state index in [1.807, 2.05) is 13.8 Å². The van der Waals surface area contributed by atoms with Crippen molar-refractivity contribution < 1.29 is 29.3 Å². The van der Waals surface area contributed by atoms with Gasteiger partial charge in [0.05, 0.1) is 5.56 Å². The molecule has 0 spiro atoms. The molecule has 3 N–H and O–H groups in total. The molecule has 1 fully saturated rings. The van der Waals surface area contributed by atoms with Gasteiger partial charge in [0, 0.05) is 12.1 Å². The number of carbonyl (C=O) groups is 3. The molecule has 0 aliphatic heterocycles. The van der Waals surface area contributed by atoms with Crippen LogP contribution in [0.25, 0.3) is 0 Å². The van der Waals surface area contributed by atoms with Gasteiger partial charge in [-0.15, -0.1) is 0 Å². The highest BCUT2D eigenvalue weighted by molar-refractivity contribution is 6.01. The number of amides is 1. The number of anilines is 1. The summed E-state index contributed by atoms with van der Waals surface area (Å²) >= 11 is 0. The number of rotatable bonds is 8. The largest absolute Gasteiger partial charge is 0.507 e. The number of aryl methyl sites for hydroxylation is 2. The average Bonchev–Trinajstić information content (AvgIpc) is 3.18. The van der Waals surface area contributed by atoms with Crippen molar-refractivity contribution in [3.8, 4) is 17.2 Å². The highest BCUT2D eigenvalue weighted by Gasteiger charge is 2.22. The van der Waals surface area contributed by atoms with E-state index in [1.54, 1.807) is 24.3 Å². The minimum absolute atomic E-state index is 0.0553. The van der Waals surface area contributed by atoms with Crippen molar-refractivity contribution in [2.75, 3.05) is 5.32 Å². The van der Waals surface area contributed by atoms with E-state index in [0.29, 0.717) is 29.5 Å². The minimum atomic E-state index is -1.20. The van der Waals surface area contributed by atoms with Crippen LogP contribution in [0.2, 0.25) is 0 Å². The lowest BCUT2D eigenvalue weighted by molar-refractivity contribution is -0.139. The van der Waals surface area contributed by atoms with E-state index in [0.717, 1.165) is 36.8 Å². The molecule has 31 heavy (non-hydrogen) atoms. The zero-order valence-electron chi connectivity index (χ0n) is 17.7. The van der Waals surface area contributed by atoms with Gasteiger partial charge < -0.3 is 20.3 Å². The lowest BCUT2D eigenvalue weighted by atomic mass is 9.96. The number of ketones is 1. The first-order valence-electron chi connectivity index (χ1n) is 10.4. The van der Waals surface area contributed by atoms with Crippen molar-refractivity contribution in [3.05, 3.63) is 47.0 Å². The number of aliphatic carboxylic acids is 1. The molecule has 2 aromatic carbocycles. The minimum Gasteiger partial charge on any atom is -0.507 e. The van der Waals surface area contributed by atoms with Gasteiger partial charge in [0.15, 0.2) is 5.78 Å². The molecule has 3 rings (SSSR count). The van der Waals surface area contributed by atoms with Gasteiger partial charge in [-0.1, -0.05) is 25.7 Å². The highest BCUT2D eigenvalue weighted by atomic mass is 16.5. The lowest BCUT2D eigenvalue weighted by Gasteiger charge is -2.15. The quantitative estimate of drug-likeness (QED) is 0.406. The van der Waals surface area contributed by atoms with Crippen LogP contribution in [-0.4, -0.2) is 27.9 Å². The Labute approximate surface area is 181 Å². The zero-order valence-corrected chi connectivity index (χ0v) is 17.7. The summed E-state index contributed by atoms with van der Waals surface area (Å²) in [5.74, 6) is -0.567. The third-order valence-electron chi connectivity index (χ3n) is 5.49. The molecule has 1 aliphatic rings. The van der Waals surface area contributed by atoms with E-state index in [9.17, 15) is 19.5 Å². The van der Waals surface area contributed by atoms with Crippen molar-refractivity contribution in [1.29, 1.82) is 0 Å². The van der Waals surface area contributed by atoms with Gasteiger partial charge >= 0.3 is 5.97 Å². The molecule has 0 unspecified atom stereocenters. The number of carboxylic acid groups (broad SMARTS) is 1. The molecule has 7 nitrogen and oxygen atoms in total. The number of ether oxygens (including phenoxy) is 1. The third-order valence-corrected chi connectivity index (χ3v) is 5.49. The van der Waals surface area contributed by atoms with Gasteiger partial charge in [0.2, 0.25) is 5.91 Å². The van der Waals surface area contributed by atoms with Gasteiger partial charge in [-0.25, -0.2) is 0 Å². The number of aromatic hydroxyl groups is 1. The molecule has 164 valence electrons. The molecule has 0 heterocycles. The average molecular weight is 425 g/mol. The van der Waals surface area contributed by atoms with Crippen LogP contribution >= 0.6 is 0 Å². The van der Waals surface area contributed by atoms with E-state index >= 15 is 0 Å². The number of carboxylic acids is 1. The lowest BCUT2D eigenvalue weighted by Crippen LogP contribution is -2.16. The van der Waals surface area contributed by atoms with E-state index < -0.39 is 18.3 Å². The van der Waals surface area contributed by atoms with Crippen molar-refractivity contribution in [3.63, 3.8) is 0 Å². The molecule has 1 amide bonds. The molecule has 0 aromatic heterocycles. The Morgan fingerprint density at radius 3 is 2.32 bits per heavy atom. The van der Waals surface area contributed by atoms with Crippen molar-refractivity contribution in [1.82, 2.24) is 0 Å². The van der Waals surface area contributed by atoms with E-state index in [2.05, 4.69) is 5.32 Å². The van der Waals surface area contributed by atoms with Crippen LogP contribution in [0, 0.1) is 19.8 Å². The maximum atomic E-state index is 12.7. The Hall–Kier alpha value is -3.35. The second-order valence-corrected chi connectivity index (χ2v) is 8.12. The number of hydrogen-bond donors (Lipinski definition) is 3. The predicted molar refractivity (Wildman–Crippen MR) is 116 cm³/mol. The SMILES string of the molecule is Cc1cc(NC(=O)CC(=O)O)cc(C)c1Oc1ccc(O)c(C(=O)CC2CCCC2)c1. The van der Waals surface area contributed by atoms with Gasteiger partial charge in [-0.05, 0) is 61.2 Å². The summed E-state index contributed by atoms with van der Waals surface area (Å²) in [5, 5.41) is 21.5. The Morgan fingerprint density at radius 1 is 1.06 bits per heavy atom. The summed E-state index contributed by atoms with van der Waals surface area (Å²) in [7, 11) is 0. The maximum Gasteiger partial charge on any atom is 0.312 e. The fourth-order valence-corrected chi connectivity index (χ4v) is 4.03. The number of benzene rings is 2. The van der Waals surface area contributed by atoms with Crippen LogP contribution in [0.1, 0.15) is 60.0 Å². The standard InChI is InChI=1S/C24H27NO6/c1-14-9-17(25-22(28)13-23(29)30)10-15(2)24(14)31-18-7-8-20(26)19(12-18)21(27)11-16-5-3-4-6-16/h7-10,12,16,26H,3-6,11,13H2,1-2H3,(H,25,28)(H,29,30). The van der Waals surface area contributed by atoms with Gasteiger partial charge in [0.1, 0.15) is 23.7 Å². The zero-order chi connectivity index (χ0) is 22.5. The first-order valence-corrected chi connectivity index (χ1v) is 10.4. The Kier molecular flexibility index (Phi) is 6.95. The molecule has 0 atom stereocenters. The second kappa shape index (κ2) is 9.64. The summed E-state index contributed by atoms with van der Waals surface area (Å²) in [6, 6.07) is 8.00. The molecular formula is C24H27NO6. The van der Waals surface area contributed by atoms with Crippen LogP contribution in [0.4, 0.5) is 5.69 Å². The number of phenolic OH excluding ortho intramolecular Hbond substituents is 1. The predicted octanol–water partition coefficient (Wildman–Crippen LogP) is 4.98. The van der Waals surface area contributed by atoms with Crippen molar-refractivity contribution >= 4 is 23.3 Å². The van der Waals surface area contributed by atoms with Gasteiger partial charge in [-0.3, -0.25) is 14.4 Å². The molecular weight excluding hydrogens is 398 g/mol. The number of nitrogens with one attached hydrogen (secondary N) is 1. The van der Waals surface area contributed by atoms with Crippen LogP contribution in [0.5, 0.6) is 17.2 Å². The van der Waals surface area contributed by atoms with Crippen LogP contribution in [0.15, 0.2) is 30.3 Å². The smallest absolute Gasteiger partial charge is 0.312 e. The monoisotopic (exact) mass is 425 g/mol. The van der Waals surface area contributed by atoms with E-state index in [-0.39, 0.29) is 17.1 Å². The van der Waals surface area contributed by atoms with Crippen LogP contribution < -0.4 is 10.1 Å². The number of carbonyl (C=O) groups excluding carboxylic acids is 2. The summed E-state index contributed by atoms with van der Waals surface area (Å²) < 4.78 is 6.01. The second-order valence-electron chi connectivity index (χ2n) is 8.12. The number of hydrogen-bond acceptors (Lipinski definition) is 5. The Morgan fingerprint density at radius 2 is 1.71 bits per heavy atom. The summed E-state index contributed by atoms with van der Waals surface area (Å²) in [6.07, 6.45) is 4.23. The first kappa shape index (κ1) is 22.3. The van der Waals surface area contributed by atoms with Crippen molar-refractivity contribution in [2.24, 2.45) is 5.92 Å². The molecule has 0 saturated heterocycles. The maximum absolute atomic E-state index is 12.7. The summed E-state index contributed by atoms with van der Waals surface area (Å²) in [5.41, 5.74) is 2.21. The topological polar surface area (TPSA) is 113 Å². The molecule has 1 aliphatic carbocycles. The number of phenols is 1. The normalized spacial score (nSPS) is 13.7. The van der Waals surface area contributed by atoms with Gasteiger partial charge in [-0.2, -0.15) is 0 Å². The molecule has 0 bridgehead atoms. The molecule has 1 saturated carbocycles. The van der Waals surface area contributed by atoms with Crippen LogP contribution in [0.3, 0.4) is 0 Å². The molecule has 7 heteroatoms. The highest BCUT2D eigenvalue weighted by Crippen LogP contribution is 2.35. The van der Waals surface area contributed by atoms with E-state index in [1.165, 1.54) is 6.07 Å². The van der Waals surface area contributed by atoms with Crippen LogP contribution in [-0.2, 0) is 9.59 Å². The summed E-state index contributed by atoms with van der Waals surface area (Å²) in [4.78, 5) is 35.0. The third kappa shape index (κ3) is 5.84. The van der Waals surface area contributed by atoms with E-state index in [4.69, 9.17) is 9.84 Å². The van der Waals surface area contributed by atoms with Crippen molar-refractivity contribution in [2.45, 2.75) is 52.4 Å².